The average molecular weight is 274 g/mol. The fraction of sp³-hybridized carbons (Fsp3) is 0. The smallest absolute Gasteiger partial charge is 0.302 e. The van der Waals surface area contributed by atoms with E-state index in [-0.39, 0.29) is 17.1 Å². The Balaban J connectivity index is -0.000000180. The summed E-state index contributed by atoms with van der Waals surface area (Å²) >= 11 is 0. The second kappa shape index (κ2) is 9.94. The molecular weight excluding hydrogens is 268 g/mol. The van der Waals surface area contributed by atoms with Gasteiger partial charge in [0, 0.05) is 17.1 Å². The Bertz CT molecular complexity index is 204. The standard InChI is InChI=1S/2CH3N3O3.Cu/c2*2-1(3)7-4(5)6;/h2*(H3,2,3);. The van der Waals surface area contributed by atoms with E-state index >= 15 is 0 Å². The molecule has 0 aromatic carbocycles. The van der Waals surface area contributed by atoms with E-state index in [1.807, 2.05) is 0 Å². The molecule has 0 saturated heterocycles. The molecule has 0 bridgehead atoms. The van der Waals surface area contributed by atoms with Crippen LogP contribution in [0.2, 0.25) is 0 Å². The van der Waals surface area contributed by atoms with Gasteiger partial charge < -0.3 is 11.5 Å². The quantitative estimate of drug-likeness (QED) is 0.148. The minimum Gasteiger partial charge on any atom is -0.365 e. The molecule has 0 aliphatic carbocycles. The average Bonchev–Trinajstić information content (AvgIpc) is 1.79. The summed E-state index contributed by atoms with van der Waals surface area (Å²) in [6, 6.07) is -1.82. The van der Waals surface area contributed by atoms with Gasteiger partial charge in [-0.25, -0.2) is 9.68 Å². The number of nitrogens with one attached hydrogen (secondary N) is 2. The normalized spacial score (nSPS) is 6.93. The Kier molecular flexibility index (Phi) is 12.3. The monoisotopic (exact) mass is 273 g/mol. The SMILES string of the molecule is N=C(N)O[N+](=O)[O-].N=C(N)O[N+](=O)[O-].[Cu]. The summed E-state index contributed by atoms with van der Waals surface area (Å²) in [7, 11) is 0. The van der Waals surface area contributed by atoms with Crippen molar-refractivity contribution < 1.29 is 36.9 Å². The van der Waals surface area contributed by atoms with Crippen molar-refractivity contribution in [2.75, 3.05) is 0 Å². The zero-order valence-electron chi connectivity index (χ0n) is 6.80. The largest absolute Gasteiger partial charge is 0.365 e. The van der Waals surface area contributed by atoms with Crippen LogP contribution in [0.15, 0.2) is 0 Å². The van der Waals surface area contributed by atoms with Crippen LogP contribution in [0.25, 0.3) is 0 Å². The van der Waals surface area contributed by atoms with E-state index in [1.54, 1.807) is 0 Å². The summed E-state index contributed by atoms with van der Waals surface area (Å²) in [6.07, 6.45) is 0. The van der Waals surface area contributed by atoms with Gasteiger partial charge in [0.1, 0.15) is 0 Å². The maximum Gasteiger partial charge on any atom is 0.302 e. The third kappa shape index (κ3) is 33.6. The van der Waals surface area contributed by atoms with E-state index in [1.165, 1.54) is 0 Å². The van der Waals surface area contributed by atoms with Crippen molar-refractivity contribution in [3.63, 3.8) is 0 Å². The number of nitrogens with two attached hydrogens (primary N) is 2. The van der Waals surface area contributed by atoms with Crippen molar-refractivity contribution in [1.29, 1.82) is 10.8 Å². The molecule has 0 aromatic heterocycles. The van der Waals surface area contributed by atoms with Crippen LogP contribution in [0, 0.1) is 31.0 Å². The van der Waals surface area contributed by atoms with E-state index < -0.39 is 22.2 Å². The topological polar surface area (TPSA) is 204 Å². The zero-order valence-corrected chi connectivity index (χ0v) is 7.74. The van der Waals surface area contributed by atoms with Crippen LogP contribution in [0.1, 0.15) is 0 Å². The van der Waals surface area contributed by atoms with Gasteiger partial charge in [0.05, 0.1) is 0 Å². The maximum absolute atomic E-state index is 9.17. The first-order chi connectivity index (χ1) is 6.25. The van der Waals surface area contributed by atoms with Gasteiger partial charge in [-0.2, -0.15) is 0 Å². The van der Waals surface area contributed by atoms with Gasteiger partial charge >= 0.3 is 10.2 Å². The summed E-state index contributed by atoms with van der Waals surface area (Å²) in [5.41, 5.74) is 8.83. The molecule has 0 rings (SSSR count). The molecule has 13 heteroatoms. The van der Waals surface area contributed by atoms with Gasteiger partial charge in [-0.15, -0.1) is 20.2 Å². The number of rotatable bonds is 2. The van der Waals surface area contributed by atoms with Crippen molar-refractivity contribution in [2.45, 2.75) is 0 Å². The molecule has 0 aliphatic rings. The van der Waals surface area contributed by atoms with Gasteiger partial charge in [-0.05, 0) is 0 Å². The molecule has 0 unspecified atom stereocenters. The van der Waals surface area contributed by atoms with Crippen LogP contribution in [0.5, 0.6) is 0 Å². The number of hydrogen-bond donors (Lipinski definition) is 4. The molecule has 0 fully saturated rings. The molecule has 0 saturated carbocycles. The van der Waals surface area contributed by atoms with Crippen LogP contribution in [0.4, 0.5) is 0 Å². The Hall–Kier alpha value is -2.14. The first kappa shape index (κ1) is 18.6. The van der Waals surface area contributed by atoms with Crippen molar-refractivity contribution in [3.05, 3.63) is 20.2 Å². The first-order valence-corrected chi connectivity index (χ1v) is 2.58. The summed E-state index contributed by atoms with van der Waals surface area (Å²) in [4.78, 5) is 25.0. The van der Waals surface area contributed by atoms with Crippen LogP contribution in [0.3, 0.4) is 0 Å². The van der Waals surface area contributed by atoms with Gasteiger partial charge in [0.25, 0.3) is 12.0 Å². The summed E-state index contributed by atoms with van der Waals surface area (Å²) in [6.45, 7) is 0. The van der Waals surface area contributed by atoms with Gasteiger partial charge in [-0.3, -0.25) is 10.8 Å². The molecule has 91 valence electrons. The van der Waals surface area contributed by atoms with Crippen LogP contribution >= 0.6 is 0 Å². The van der Waals surface area contributed by atoms with E-state index in [4.69, 9.17) is 10.8 Å². The number of nitrogens with zero attached hydrogens (tertiary/aromatic N) is 2. The molecule has 6 N–H and O–H groups in total. The van der Waals surface area contributed by atoms with Crippen LogP contribution in [-0.4, -0.2) is 22.2 Å². The zero-order chi connectivity index (χ0) is 11.7. The Morgan fingerprint density at radius 1 is 1.00 bits per heavy atom. The fourth-order valence-electron chi connectivity index (χ4n) is 0.161. The number of hydrogen-bond acceptors (Lipinski definition) is 8. The van der Waals surface area contributed by atoms with Crippen molar-refractivity contribution >= 4 is 12.0 Å². The molecule has 0 aliphatic heterocycles. The third-order valence-corrected chi connectivity index (χ3v) is 0.346. The number of amidine groups is 2. The summed E-state index contributed by atoms with van der Waals surface area (Å²) in [5.74, 6) is 0. The van der Waals surface area contributed by atoms with Crippen molar-refractivity contribution in [2.24, 2.45) is 11.5 Å². The second-order valence-electron chi connectivity index (χ2n) is 1.36. The molecule has 15 heavy (non-hydrogen) atoms. The maximum atomic E-state index is 9.17. The fourth-order valence-corrected chi connectivity index (χ4v) is 0.161. The predicted molar refractivity (Wildman–Crippen MR) is 40.0 cm³/mol. The molecule has 0 spiro atoms. The minimum absolute atomic E-state index is 0. The van der Waals surface area contributed by atoms with E-state index in [0.29, 0.717) is 0 Å². The molecule has 0 aromatic rings. The molecule has 1 radical (unpaired) electrons. The predicted octanol–water partition coefficient (Wildman–Crippen LogP) is -1.83. The van der Waals surface area contributed by atoms with E-state index in [9.17, 15) is 20.2 Å². The second-order valence-corrected chi connectivity index (χ2v) is 1.36. The Morgan fingerprint density at radius 3 is 1.20 bits per heavy atom. The first-order valence-electron chi connectivity index (χ1n) is 2.58. The van der Waals surface area contributed by atoms with Gasteiger partial charge in [-0.1, -0.05) is 0 Å². The summed E-state index contributed by atoms with van der Waals surface area (Å²) < 4.78 is 0. The molecular formula is C2H6CuN6O6. The minimum atomic E-state index is -1.15. The van der Waals surface area contributed by atoms with Crippen molar-refractivity contribution in [1.82, 2.24) is 0 Å². The van der Waals surface area contributed by atoms with Crippen molar-refractivity contribution in [3.8, 4) is 0 Å². The van der Waals surface area contributed by atoms with Gasteiger partial charge in [0.2, 0.25) is 0 Å². The van der Waals surface area contributed by atoms with Crippen LogP contribution in [-0.2, 0) is 26.7 Å². The summed E-state index contributed by atoms with van der Waals surface area (Å²) in [5, 5.41) is 28.3. The molecule has 12 nitrogen and oxygen atoms in total. The Labute approximate surface area is 92.2 Å². The molecule has 0 atom stereocenters. The molecule has 0 heterocycles. The van der Waals surface area contributed by atoms with Crippen LogP contribution < -0.4 is 11.5 Å². The molecule has 0 amide bonds. The van der Waals surface area contributed by atoms with E-state index in [2.05, 4.69) is 21.1 Å². The van der Waals surface area contributed by atoms with Gasteiger partial charge in [0.15, 0.2) is 0 Å². The third-order valence-electron chi connectivity index (χ3n) is 0.346. The Morgan fingerprint density at radius 2 is 1.20 bits per heavy atom. The van der Waals surface area contributed by atoms with E-state index in [0.717, 1.165) is 0 Å².